The highest BCUT2D eigenvalue weighted by molar-refractivity contribution is 5.91. The lowest BCUT2D eigenvalue weighted by Crippen LogP contribution is -2.03. The van der Waals surface area contributed by atoms with Crippen LogP contribution in [0, 0.1) is 0 Å². The Labute approximate surface area is 128 Å². The van der Waals surface area contributed by atoms with Crippen LogP contribution >= 0.6 is 0 Å². The van der Waals surface area contributed by atoms with Crippen molar-refractivity contribution in [3.63, 3.8) is 0 Å². The van der Waals surface area contributed by atoms with E-state index in [0.717, 1.165) is 22.2 Å². The molecular weight excluding hydrogens is 278 g/mol. The topological polar surface area (TPSA) is 48.4 Å². The molecule has 1 heterocycles. The monoisotopic (exact) mass is 293 g/mol. The molecule has 1 aromatic heterocycles. The third kappa shape index (κ3) is 3.06. The van der Waals surface area contributed by atoms with Crippen molar-refractivity contribution in [2.24, 2.45) is 0 Å². The molecule has 22 heavy (non-hydrogen) atoms. The molecule has 0 atom stereocenters. The lowest BCUT2D eigenvalue weighted by atomic mass is 10.2. The highest BCUT2D eigenvalue weighted by atomic mass is 16.5. The maximum atomic E-state index is 11.5. The number of benzene rings is 2. The molecule has 0 spiro atoms. The van der Waals surface area contributed by atoms with E-state index >= 15 is 0 Å². The highest BCUT2D eigenvalue weighted by Gasteiger charge is 2.08. The minimum Gasteiger partial charge on any atom is -0.489 e. The summed E-state index contributed by atoms with van der Waals surface area (Å²) in [5, 5.41) is 0.915. The van der Waals surface area contributed by atoms with Crippen LogP contribution in [0.5, 0.6) is 5.75 Å². The fourth-order valence-electron chi connectivity index (χ4n) is 2.15. The Morgan fingerprint density at radius 3 is 2.64 bits per heavy atom. The fourth-order valence-corrected chi connectivity index (χ4v) is 2.15. The molecule has 0 amide bonds. The van der Waals surface area contributed by atoms with E-state index in [1.54, 1.807) is 6.07 Å². The molecule has 3 aromatic rings. The maximum Gasteiger partial charge on any atom is 0.356 e. The quantitative estimate of drug-likeness (QED) is 0.690. The zero-order valence-corrected chi connectivity index (χ0v) is 12.2. The largest absolute Gasteiger partial charge is 0.489 e. The average molecular weight is 293 g/mol. The normalized spacial score (nSPS) is 10.4. The van der Waals surface area contributed by atoms with Gasteiger partial charge in [-0.3, -0.25) is 0 Å². The van der Waals surface area contributed by atoms with Crippen LogP contribution in [0.2, 0.25) is 0 Å². The predicted molar refractivity (Wildman–Crippen MR) is 83.9 cm³/mol. The number of nitrogens with zero attached hydrogens (tertiary/aromatic N) is 1. The molecule has 110 valence electrons. The number of esters is 1. The Morgan fingerprint density at radius 1 is 1.05 bits per heavy atom. The second-order valence-electron chi connectivity index (χ2n) is 4.82. The zero-order chi connectivity index (χ0) is 15.4. The fraction of sp³-hybridized carbons (Fsp3) is 0.111. The first-order valence-corrected chi connectivity index (χ1v) is 6.92. The lowest BCUT2D eigenvalue weighted by molar-refractivity contribution is 0.0594. The Morgan fingerprint density at radius 2 is 1.86 bits per heavy atom. The van der Waals surface area contributed by atoms with Gasteiger partial charge in [-0.25, -0.2) is 9.78 Å². The van der Waals surface area contributed by atoms with Crippen LogP contribution in [-0.4, -0.2) is 18.1 Å². The van der Waals surface area contributed by atoms with Gasteiger partial charge in [-0.05, 0) is 29.8 Å². The summed E-state index contributed by atoms with van der Waals surface area (Å²) in [5.74, 6) is 0.329. The van der Waals surface area contributed by atoms with E-state index in [1.807, 2.05) is 54.6 Å². The number of methoxy groups -OCH3 is 1. The first-order valence-electron chi connectivity index (χ1n) is 6.92. The molecule has 4 nitrogen and oxygen atoms in total. The van der Waals surface area contributed by atoms with Crippen LogP contribution in [0.25, 0.3) is 10.9 Å². The van der Waals surface area contributed by atoms with E-state index in [0.29, 0.717) is 12.3 Å². The predicted octanol–water partition coefficient (Wildman–Crippen LogP) is 3.60. The van der Waals surface area contributed by atoms with Gasteiger partial charge in [-0.2, -0.15) is 0 Å². The van der Waals surface area contributed by atoms with Crippen molar-refractivity contribution in [3.8, 4) is 5.75 Å². The van der Waals surface area contributed by atoms with Gasteiger partial charge in [0.25, 0.3) is 0 Å². The number of ether oxygens (including phenoxy) is 2. The van der Waals surface area contributed by atoms with Crippen LogP contribution in [0.4, 0.5) is 0 Å². The lowest BCUT2D eigenvalue weighted by Gasteiger charge is -2.07. The molecule has 0 saturated heterocycles. The number of rotatable bonds is 4. The molecule has 0 radical (unpaired) electrons. The summed E-state index contributed by atoms with van der Waals surface area (Å²) in [4.78, 5) is 15.7. The molecule has 0 N–H and O–H groups in total. The van der Waals surface area contributed by atoms with Crippen molar-refractivity contribution in [2.45, 2.75) is 6.61 Å². The minimum atomic E-state index is -0.439. The van der Waals surface area contributed by atoms with Crippen LogP contribution in [-0.2, 0) is 11.3 Å². The van der Waals surface area contributed by atoms with Crippen molar-refractivity contribution in [3.05, 3.63) is 71.9 Å². The number of carbonyl (C=O) groups is 1. The van der Waals surface area contributed by atoms with Gasteiger partial charge in [0.1, 0.15) is 18.1 Å². The number of aromatic nitrogens is 1. The number of hydrogen-bond acceptors (Lipinski definition) is 4. The molecule has 4 heteroatoms. The molecule has 0 aliphatic heterocycles. The van der Waals surface area contributed by atoms with E-state index in [9.17, 15) is 4.79 Å². The standard InChI is InChI=1S/C18H15NO3/c1-21-18(20)17-9-7-14-11-15(8-10-16(14)19-17)22-12-13-5-3-2-4-6-13/h2-11H,12H2,1H3. The summed E-state index contributed by atoms with van der Waals surface area (Å²) >= 11 is 0. The third-order valence-corrected chi connectivity index (χ3v) is 3.30. The van der Waals surface area contributed by atoms with Crippen molar-refractivity contribution >= 4 is 16.9 Å². The number of pyridine rings is 1. The molecule has 2 aromatic carbocycles. The molecule has 0 unspecified atom stereocenters. The SMILES string of the molecule is COC(=O)c1ccc2cc(OCc3ccccc3)ccc2n1. The summed E-state index contributed by atoms with van der Waals surface area (Å²) in [6.45, 7) is 0.514. The smallest absolute Gasteiger partial charge is 0.356 e. The Kier molecular flexibility index (Phi) is 4.01. The van der Waals surface area contributed by atoms with Crippen molar-refractivity contribution in [1.82, 2.24) is 4.98 Å². The van der Waals surface area contributed by atoms with Gasteiger partial charge >= 0.3 is 5.97 Å². The second kappa shape index (κ2) is 6.26. The van der Waals surface area contributed by atoms with Crippen LogP contribution in [0.3, 0.4) is 0 Å². The summed E-state index contributed by atoms with van der Waals surface area (Å²) in [5.41, 5.74) is 2.14. The Bertz CT molecular complexity index is 800. The highest BCUT2D eigenvalue weighted by Crippen LogP contribution is 2.21. The maximum absolute atomic E-state index is 11.5. The van der Waals surface area contributed by atoms with Gasteiger partial charge in [0.05, 0.1) is 12.6 Å². The van der Waals surface area contributed by atoms with Gasteiger partial charge in [0, 0.05) is 5.39 Å². The summed E-state index contributed by atoms with van der Waals surface area (Å²) in [6, 6.07) is 19.1. The Hall–Kier alpha value is -2.88. The summed E-state index contributed by atoms with van der Waals surface area (Å²) in [7, 11) is 1.34. The van der Waals surface area contributed by atoms with Gasteiger partial charge in [-0.15, -0.1) is 0 Å². The number of hydrogen-bond donors (Lipinski definition) is 0. The van der Waals surface area contributed by atoms with Crippen molar-refractivity contribution in [1.29, 1.82) is 0 Å². The molecule has 0 aliphatic rings. The second-order valence-corrected chi connectivity index (χ2v) is 4.82. The third-order valence-electron chi connectivity index (χ3n) is 3.30. The molecule has 0 fully saturated rings. The first-order chi connectivity index (χ1) is 10.8. The van der Waals surface area contributed by atoms with E-state index in [-0.39, 0.29) is 0 Å². The van der Waals surface area contributed by atoms with Gasteiger partial charge in [0.15, 0.2) is 0 Å². The minimum absolute atomic E-state index is 0.299. The van der Waals surface area contributed by atoms with Crippen LogP contribution in [0.15, 0.2) is 60.7 Å². The van der Waals surface area contributed by atoms with Crippen LogP contribution in [0.1, 0.15) is 16.1 Å². The van der Waals surface area contributed by atoms with E-state index in [4.69, 9.17) is 4.74 Å². The van der Waals surface area contributed by atoms with Crippen LogP contribution < -0.4 is 4.74 Å². The molecular formula is C18H15NO3. The van der Waals surface area contributed by atoms with Gasteiger partial charge < -0.3 is 9.47 Å². The van der Waals surface area contributed by atoms with E-state index < -0.39 is 5.97 Å². The molecule has 0 bridgehead atoms. The first kappa shape index (κ1) is 14.1. The Balaban J connectivity index is 1.80. The zero-order valence-electron chi connectivity index (χ0n) is 12.2. The van der Waals surface area contributed by atoms with Crippen molar-refractivity contribution < 1.29 is 14.3 Å². The number of carbonyl (C=O) groups excluding carboxylic acids is 1. The average Bonchev–Trinajstić information content (AvgIpc) is 2.59. The summed E-state index contributed by atoms with van der Waals surface area (Å²) < 4.78 is 10.4. The molecule has 0 saturated carbocycles. The summed E-state index contributed by atoms with van der Waals surface area (Å²) in [6.07, 6.45) is 0. The van der Waals surface area contributed by atoms with Gasteiger partial charge in [0.2, 0.25) is 0 Å². The molecule has 0 aliphatic carbocycles. The van der Waals surface area contributed by atoms with Gasteiger partial charge in [-0.1, -0.05) is 36.4 Å². The number of fused-ring (bicyclic) bond motifs is 1. The molecule has 3 rings (SSSR count). The van der Waals surface area contributed by atoms with E-state index in [2.05, 4.69) is 9.72 Å². The van der Waals surface area contributed by atoms with E-state index in [1.165, 1.54) is 7.11 Å². The van der Waals surface area contributed by atoms with Crippen molar-refractivity contribution in [2.75, 3.05) is 7.11 Å².